The van der Waals surface area contributed by atoms with Crippen molar-refractivity contribution in [3.63, 3.8) is 0 Å². The number of methoxy groups -OCH3 is 1. The number of fused-ring (bicyclic) bond motifs is 1. The molecule has 174 valence electrons. The highest BCUT2D eigenvalue weighted by Crippen LogP contribution is 2.39. The molecule has 0 saturated carbocycles. The van der Waals surface area contributed by atoms with Crippen LogP contribution in [0.2, 0.25) is 0 Å². The zero-order valence-electron chi connectivity index (χ0n) is 18.5. The average molecular weight is 486 g/mol. The molecule has 1 saturated heterocycles. The van der Waals surface area contributed by atoms with E-state index in [4.69, 9.17) is 9.47 Å². The SMILES string of the molecule is COCC1CCCN1C(=O)OCC1CCc2c(sc(NC(=O)C=Cc3ccsc3)c2C#N)C1. The summed E-state index contributed by atoms with van der Waals surface area (Å²) < 4.78 is 10.9. The predicted molar refractivity (Wildman–Crippen MR) is 129 cm³/mol. The highest BCUT2D eigenvalue weighted by Gasteiger charge is 2.31. The van der Waals surface area contributed by atoms with Crippen molar-refractivity contribution in [1.29, 1.82) is 5.26 Å². The first-order chi connectivity index (χ1) is 16.1. The van der Waals surface area contributed by atoms with Crippen molar-refractivity contribution in [3.05, 3.63) is 44.5 Å². The van der Waals surface area contributed by atoms with Gasteiger partial charge in [0.25, 0.3) is 0 Å². The Morgan fingerprint density at radius 2 is 2.24 bits per heavy atom. The monoisotopic (exact) mass is 485 g/mol. The van der Waals surface area contributed by atoms with Gasteiger partial charge in [0.05, 0.1) is 24.8 Å². The van der Waals surface area contributed by atoms with Gasteiger partial charge < -0.3 is 19.7 Å². The number of ether oxygens (including phenoxy) is 2. The van der Waals surface area contributed by atoms with Crippen LogP contribution in [-0.4, -0.2) is 49.8 Å². The molecule has 0 radical (unpaired) electrons. The Balaban J connectivity index is 1.35. The number of nitrogens with one attached hydrogen (secondary N) is 1. The predicted octanol–water partition coefficient (Wildman–Crippen LogP) is 4.69. The van der Waals surface area contributed by atoms with E-state index < -0.39 is 0 Å². The molecule has 2 unspecified atom stereocenters. The van der Waals surface area contributed by atoms with Crippen molar-refractivity contribution in [2.45, 2.75) is 38.1 Å². The van der Waals surface area contributed by atoms with Crippen molar-refractivity contribution < 1.29 is 19.1 Å². The van der Waals surface area contributed by atoms with Crippen LogP contribution >= 0.6 is 22.7 Å². The molecule has 2 aromatic heterocycles. The van der Waals surface area contributed by atoms with Gasteiger partial charge in [-0.15, -0.1) is 11.3 Å². The van der Waals surface area contributed by atoms with Crippen molar-refractivity contribution in [2.75, 3.05) is 32.2 Å². The van der Waals surface area contributed by atoms with Gasteiger partial charge in [-0.2, -0.15) is 16.6 Å². The summed E-state index contributed by atoms with van der Waals surface area (Å²) in [7, 11) is 1.65. The second kappa shape index (κ2) is 11.0. The summed E-state index contributed by atoms with van der Waals surface area (Å²) in [6.07, 6.45) is 7.22. The highest BCUT2D eigenvalue weighted by atomic mass is 32.1. The first kappa shape index (κ1) is 23.5. The lowest BCUT2D eigenvalue weighted by Crippen LogP contribution is -2.39. The second-order valence-corrected chi connectivity index (χ2v) is 10.2. The zero-order chi connectivity index (χ0) is 23.2. The number of rotatable bonds is 7. The molecule has 0 spiro atoms. The van der Waals surface area contributed by atoms with E-state index in [1.165, 1.54) is 17.4 Å². The average Bonchev–Trinajstić information content (AvgIpc) is 3.56. The molecule has 2 atom stereocenters. The van der Waals surface area contributed by atoms with E-state index in [9.17, 15) is 14.9 Å². The summed E-state index contributed by atoms with van der Waals surface area (Å²) >= 11 is 3.03. The zero-order valence-corrected chi connectivity index (χ0v) is 20.2. The topological polar surface area (TPSA) is 91.7 Å². The van der Waals surface area contributed by atoms with Gasteiger partial charge in [-0.3, -0.25) is 4.79 Å². The molecule has 4 rings (SSSR count). The molecule has 0 bridgehead atoms. The van der Waals surface area contributed by atoms with E-state index in [0.29, 0.717) is 30.3 Å². The number of nitrogens with zero attached hydrogens (tertiary/aromatic N) is 2. The van der Waals surface area contributed by atoms with Gasteiger partial charge in [-0.25, -0.2) is 4.79 Å². The van der Waals surface area contributed by atoms with E-state index >= 15 is 0 Å². The number of anilines is 1. The molecule has 3 heterocycles. The van der Waals surface area contributed by atoms with E-state index in [1.807, 2.05) is 16.8 Å². The van der Waals surface area contributed by atoms with Crippen LogP contribution in [0.5, 0.6) is 0 Å². The fourth-order valence-electron chi connectivity index (χ4n) is 4.41. The second-order valence-electron chi connectivity index (χ2n) is 8.33. The van der Waals surface area contributed by atoms with E-state index in [0.717, 1.165) is 48.1 Å². The maximum Gasteiger partial charge on any atom is 0.410 e. The molecule has 2 aromatic rings. The van der Waals surface area contributed by atoms with Crippen LogP contribution in [0, 0.1) is 17.2 Å². The Hall–Kier alpha value is -2.67. The Morgan fingerprint density at radius 1 is 1.36 bits per heavy atom. The summed E-state index contributed by atoms with van der Waals surface area (Å²) in [5.41, 5.74) is 2.55. The van der Waals surface area contributed by atoms with Gasteiger partial charge >= 0.3 is 6.09 Å². The fourth-order valence-corrected chi connectivity index (χ4v) is 6.36. The minimum atomic E-state index is -0.269. The van der Waals surface area contributed by atoms with Crippen molar-refractivity contribution in [3.8, 4) is 6.07 Å². The van der Waals surface area contributed by atoms with Gasteiger partial charge in [0.15, 0.2) is 0 Å². The normalized spacial score (nSPS) is 19.9. The van der Waals surface area contributed by atoms with Crippen molar-refractivity contribution >= 4 is 45.8 Å². The number of amides is 2. The standard InChI is InChI=1S/C24H27N3O4S2/c1-30-14-18-3-2-9-27(18)24(29)31-13-17-4-6-19-20(12-25)23(33-21(19)11-17)26-22(28)7-5-16-8-10-32-15-16/h5,7-8,10,15,17-18H,2-4,6,9,11,13-14H2,1H3,(H,26,28). The molecule has 33 heavy (non-hydrogen) atoms. The lowest BCUT2D eigenvalue weighted by atomic mass is 9.88. The van der Waals surface area contributed by atoms with E-state index in [-0.39, 0.29) is 24.0 Å². The number of likely N-dealkylation sites (tertiary alicyclic amines) is 1. The number of carbonyl (C=O) groups excluding carboxylic acids is 2. The molecule has 1 aliphatic heterocycles. The smallest absolute Gasteiger partial charge is 0.410 e. The molecule has 1 fully saturated rings. The molecular formula is C24H27N3O4S2. The van der Waals surface area contributed by atoms with Crippen LogP contribution in [0.15, 0.2) is 22.9 Å². The van der Waals surface area contributed by atoms with Crippen molar-refractivity contribution in [2.24, 2.45) is 5.92 Å². The third-order valence-corrected chi connectivity index (χ3v) is 7.97. The third-order valence-electron chi connectivity index (χ3n) is 6.10. The summed E-state index contributed by atoms with van der Waals surface area (Å²) in [6.45, 7) is 1.60. The number of hydrogen-bond donors (Lipinski definition) is 1. The molecule has 0 aromatic carbocycles. The minimum Gasteiger partial charge on any atom is -0.449 e. The summed E-state index contributed by atoms with van der Waals surface area (Å²) in [6, 6.07) is 4.30. The van der Waals surface area contributed by atoms with Gasteiger partial charge in [0.2, 0.25) is 5.91 Å². The third kappa shape index (κ3) is 5.64. The van der Waals surface area contributed by atoms with E-state index in [1.54, 1.807) is 29.4 Å². The quantitative estimate of drug-likeness (QED) is 0.575. The molecule has 1 aliphatic carbocycles. The number of thiophene rings is 2. The van der Waals surface area contributed by atoms with Gasteiger partial charge in [0.1, 0.15) is 11.1 Å². The number of carbonyl (C=O) groups is 2. The van der Waals surface area contributed by atoms with E-state index in [2.05, 4.69) is 11.4 Å². The van der Waals surface area contributed by atoms with Crippen LogP contribution in [0.3, 0.4) is 0 Å². The molecule has 9 heteroatoms. The molecular weight excluding hydrogens is 458 g/mol. The lowest BCUT2D eigenvalue weighted by Gasteiger charge is -2.26. The van der Waals surface area contributed by atoms with Crippen LogP contribution in [0.25, 0.3) is 6.08 Å². The number of hydrogen-bond acceptors (Lipinski definition) is 7. The van der Waals surface area contributed by atoms with Gasteiger partial charge in [0, 0.05) is 24.6 Å². The molecule has 2 aliphatic rings. The Kier molecular flexibility index (Phi) is 7.81. The molecule has 1 N–H and O–H groups in total. The van der Waals surface area contributed by atoms with Crippen LogP contribution < -0.4 is 5.32 Å². The van der Waals surface area contributed by atoms with Crippen molar-refractivity contribution in [1.82, 2.24) is 4.90 Å². The Labute approximate surface area is 201 Å². The largest absolute Gasteiger partial charge is 0.449 e. The maximum absolute atomic E-state index is 12.5. The first-order valence-corrected chi connectivity index (χ1v) is 12.8. The maximum atomic E-state index is 12.5. The number of nitriles is 1. The fraction of sp³-hybridized carbons (Fsp3) is 0.458. The highest BCUT2D eigenvalue weighted by molar-refractivity contribution is 7.16. The van der Waals surface area contributed by atoms with Crippen LogP contribution in [0.1, 0.15) is 40.8 Å². The lowest BCUT2D eigenvalue weighted by molar-refractivity contribution is -0.111. The van der Waals surface area contributed by atoms with Gasteiger partial charge in [-0.05, 0) is 72.1 Å². The Morgan fingerprint density at radius 3 is 3.00 bits per heavy atom. The van der Waals surface area contributed by atoms with Crippen LogP contribution in [-0.2, 0) is 27.1 Å². The Bertz CT molecular complexity index is 1050. The van der Waals surface area contributed by atoms with Gasteiger partial charge in [-0.1, -0.05) is 0 Å². The first-order valence-electron chi connectivity index (χ1n) is 11.1. The van der Waals surface area contributed by atoms with Crippen LogP contribution in [0.4, 0.5) is 9.80 Å². The summed E-state index contributed by atoms with van der Waals surface area (Å²) in [4.78, 5) is 27.8. The molecule has 2 amide bonds. The minimum absolute atomic E-state index is 0.0934. The summed E-state index contributed by atoms with van der Waals surface area (Å²) in [5.74, 6) is -0.0461. The molecule has 7 nitrogen and oxygen atoms in total. The summed E-state index contributed by atoms with van der Waals surface area (Å²) in [5, 5.41) is 17.1.